The van der Waals surface area contributed by atoms with Gasteiger partial charge in [0.1, 0.15) is 0 Å². The molecule has 2 aliphatic rings. The van der Waals surface area contributed by atoms with Crippen LogP contribution in [0.15, 0.2) is 95.9 Å². The number of carbonyl (C=O) groups is 1. The molecule has 3 aromatic rings. The normalized spacial score (nSPS) is 18.0. The molecule has 8 heteroatoms. The maximum atomic E-state index is 13.2. The molecule has 0 unspecified atom stereocenters. The molecule has 2 saturated heterocycles. The summed E-state index contributed by atoms with van der Waals surface area (Å²) in [6.07, 6.45) is 4.33. The Bertz CT molecular complexity index is 1360. The van der Waals surface area contributed by atoms with Gasteiger partial charge in [-0.25, -0.2) is 8.42 Å². The second-order valence-corrected chi connectivity index (χ2v) is 12.0. The van der Waals surface area contributed by atoms with Gasteiger partial charge in [0, 0.05) is 71.0 Å². The van der Waals surface area contributed by atoms with Gasteiger partial charge in [0.2, 0.25) is 10.0 Å². The summed E-state index contributed by atoms with van der Waals surface area (Å²) in [6.45, 7) is 6.98. The van der Waals surface area contributed by atoms with E-state index >= 15 is 0 Å². The molecule has 5 rings (SSSR count). The Morgan fingerprint density at radius 1 is 0.718 bits per heavy atom. The summed E-state index contributed by atoms with van der Waals surface area (Å²) in [6, 6.07) is 26.8. The molecule has 0 aliphatic carbocycles. The molecule has 0 atom stereocenters. The van der Waals surface area contributed by atoms with Crippen LogP contribution < -0.4 is 0 Å². The molecule has 0 aromatic heterocycles. The number of hydrogen-bond acceptors (Lipinski definition) is 5. The summed E-state index contributed by atoms with van der Waals surface area (Å²) < 4.78 is 27.4. The molecule has 0 saturated carbocycles. The van der Waals surface area contributed by atoms with Crippen molar-refractivity contribution in [3.63, 3.8) is 0 Å². The molecule has 1 amide bonds. The van der Waals surface area contributed by atoms with Gasteiger partial charge in [-0.15, -0.1) is 0 Å². The van der Waals surface area contributed by atoms with Crippen LogP contribution >= 0.6 is 0 Å². The average Bonchev–Trinajstić information content (AvgIpc) is 2.99. The lowest BCUT2D eigenvalue weighted by Gasteiger charge is -2.35. The average molecular weight is 545 g/mol. The number of amides is 1. The van der Waals surface area contributed by atoms with Crippen molar-refractivity contribution in [2.24, 2.45) is 0 Å². The molecule has 0 bridgehead atoms. The number of nitrogens with zero attached hydrogens (tertiary/aromatic N) is 4. The molecular weight excluding hydrogens is 508 g/mol. The van der Waals surface area contributed by atoms with E-state index in [1.54, 1.807) is 28.6 Å². The zero-order valence-electron chi connectivity index (χ0n) is 22.2. The van der Waals surface area contributed by atoms with Crippen LogP contribution in [-0.4, -0.2) is 92.2 Å². The van der Waals surface area contributed by atoms with Crippen LogP contribution in [0.3, 0.4) is 0 Å². The number of hydrogen-bond donors (Lipinski definition) is 0. The first-order valence-electron chi connectivity index (χ1n) is 13.6. The Balaban J connectivity index is 1.10. The first kappa shape index (κ1) is 27.3. The zero-order chi connectivity index (χ0) is 27.1. The van der Waals surface area contributed by atoms with E-state index < -0.39 is 10.0 Å². The fraction of sp³-hybridized carbons (Fsp3) is 0.323. The van der Waals surface area contributed by atoms with Crippen molar-refractivity contribution < 1.29 is 13.2 Å². The maximum absolute atomic E-state index is 13.2. The van der Waals surface area contributed by atoms with Crippen molar-refractivity contribution in [3.8, 4) is 0 Å². The predicted octanol–water partition coefficient (Wildman–Crippen LogP) is 3.66. The summed E-state index contributed by atoms with van der Waals surface area (Å²) in [5.41, 5.74) is 2.99. The van der Waals surface area contributed by atoms with Crippen LogP contribution in [0.25, 0.3) is 6.08 Å². The van der Waals surface area contributed by atoms with E-state index in [0.29, 0.717) is 37.6 Å². The van der Waals surface area contributed by atoms with Crippen molar-refractivity contribution in [3.05, 3.63) is 108 Å². The van der Waals surface area contributed by atoms with Gasteiger partial charge in [0.15, 0.2) is 0 Å². The van der Waals surface area contributed by atoms with Gasteiger partial charge in [0.25, 0.3) is 5.91 Å². The van der Waals surface area contributed by atoms with E-state index in [0.717, 1.165) is 43.9 Å². The minimum absolute atomic E-state index is 0.0788. The van der Waals surface area contributed by atoms with E-state index in [1.165, 1.54) is 5.56 Å². The topological polar surface area (TPSA) is 64.2 Å². The molecule has 7 nitrogen and oxygen atoms in total. The quantitative estimate of drug-likeness (QED) is 0.433. The summed E-state index contributed by atoms with van der Waals surface area (Å²) >= 11 is 0. The second-order valence-electron chi connectivity index (χ2n) is 10.1. The number of benzene rings is 3. The first-order valence-corrected chi connectivity index (χ1v) is 15.0. The maximum Gasteiger partial charge on any atom is 0.253 e. The van der Waals surface area contributed by atoms with Gasteiger partial charge < -0.3 is 4.90 Å². The van der Waals surface area contributed by atoms with Crippen LogP contribution in [0.4, 0.5) is 0 Å². The summed E-state index contributed by atoms with van der Waals surface area (Å²) in [4.78, 5) is 20.2. The Hall–Kier alpha value is -3.30. The third-order valence-corrected chi connectivity index (χ3v) is 9.34. The molecule has 0 radical (unpaired) electrons. The number of sulfonamides is 1. The van der Waals surface area contributed by atoms with E-state index in [1.807, 2.05) is 53.4 Å². The van der Waals surface area contributed by atoms with Crippen LogP contribution in [-0.2, 0) is 16.6 Å². The third-order valence-electron chi connectivity index (χ3n) is 7.43. The fourth-order valence-electron chi connectivity index (χ4n) is 5.15. The van der Waals surface area contributed by atoms with E-state index in [4.69, 9.17) is 0 Å². The molecule has 2 aliphatic heterocycles. The minimum atomic E-state index is -3.46. The molecule has 2 heterocycles. The van der Waals surface area contributed by atoms with Crippen molar-refractivity contribution in [2.75, 3.05) is 58.9 Å². The molecule has 204 valence electrons. The van der Waals surface area contributed by atoms with Gasteiger partial charge in [-0.3, -0.25) is 14.6 Å². The Morgan fingerprint density at radius 2 is 1.36 bits per heavy atom. The zero-order valence-corrected chi connectivity index (χ0v) is 23.0. The lowest BCUT2D eigenvalue weighted by atomic mass is 10.1. The highest BCUT2D eigenvalue weighted by molar-refractivity contribution is 7.89. The third kappa shape index (κ3) is 7.02. The highest BCUT2D eigenvalue weighted by Crippen LogP contribution is 2.19. The summed E-state index contributed by atoms with van der Waals surface area (Å²) in [7, 11) is -3.46. The van der Waals surface area contributed by atoms with Gasteiger partial charge >= 0.3 is 0 Å². The summed E-state index contributed by atoms with van der Waals surface area (Å²) in [5.74, 6) is 0.0788. The van der Waals surface area contributed by atoms with Gasteiger partial charge in [-0.1, -0.05) is 72.8 Å². The van der Waals surface area contributed by atoms with Gasteiger partial charge in [-0.05, 0) is 35.4 Å². The molecule has 3 aromatic carbocycles. The molecule has 0 N–H and O–H groups in total. The monoisotopic (exact) mass is 544 g/mol. The number of rotatable bonds is 8. The van der Waals surface area contributed by atoms with Crippen molar-refractivity contribution in [2.45, 2.75) is 11.4 Å². The lowest BCUT2D eigenvalue weighted by molar-refractivity contribution is 0.0650. The first-order chi connectivity index (χ1) is 19.0. The van der Waals surface area contributed by atoms with Crippen LogP contribution in [0.1, 0.15) is 21.5 Å². The van der Waals surface area contributed by atoms with Gasteiger partial charge in [0.05, 0.1) is 4.90 Å². The fourth-order valence-corrected chi connectivity index (χ4v) is 6.59. The molecule has 2 fully saturated rings. The standard InChI is InChI=1S/C31H36N4O3S/c36-31(34-21-17-32(18-22-34)16-8-12-27-9-3-1-4-10-27)29-13-7-11-28(25-29)26-33-19-23-35(24-20-33)39(37,38)30-14-5-2-6-15-30/h1-15,25H,16-24,26H2/b12-8+. The number of piperazine rings is 2. The molecular formula is C31H36N4O3S. The number of carbonyl (C=O) groups excluding carboxylic acids is 1. The van der Waals surface area contributed by atoms with Crippen LogP contribution in [0.5, 0.6) is 0 Å². The molecule has 39 heavy (non-hydrogen) atoms. The molecule has 0 spiro atoms. The SMILES string of the molecule is O=C(c1cccc(CN2CCN(S(=O)(=O)c3ccccc3)CC2)c1)N1CCN(C/C=C/c2ccccc2)CC1. The van der Waals surface area contributed by atoms with E-state index in [2.05, 4.69) is 34.1 Å². The lowest BCUT2D eigenvalue weighted by Crippen LogP contribution is -2.48. The van der Waals surface area contributed by atoms with Crippen molar-refractivity contribution in [1.29, 1.82) is 0 Å². The summed E-state index contributed by atoms with van der Waals surface area (Å²) in [5, 5.41) is 0. The van der Waals surface area contributed by atoms with Crippen LogP contribution in [0, 0.1) is 0 Å². The van der Waals surface area contributed by atoms with E-state index in [9.17, 15) is 13.2 Å². The van der Waals surface area contributed by atoms with Crippen LogP contribution in [0.2, 0.25) is 0 Å². The Morgan fingerprint density at radius 3 is 2.05 bits per heavy atom. The van der Waals surface area contributed by atoms with E-state index in [-0.39, 0.29) is 5.91 Å². The Kier molecular flexibility index (Phi) is 8.88. The highest BCUT2D eigenvalue weighted by atomic mass is 32.2. The van der Waals surface area contributed by atoms with Crippen molar-refractivity contribution >= 4 is 22.0 Å². The smallest absolute Gasteiger partial charge is 0.253 e. The predicted molar refractivity (Wildman–Crippen MR) is 155 cm³/mol. The highest BCUT2D eigenvalue weighted by Gasteiger charge is 2.28. The van der Waals surface area contributed by atoms with Gasteiger partial charge in [-0.2, -0.15) is 4.31 Å². The minimum Gasteiger partial charge on any atom is -0.336 e. The Labute approximate surface area is 232 Å². The second kappa shape index (κ2) is 12.7. The van der Waals surface area contributed by atoms with Crippen molar-refractivity contribution in [1.82, 2.24) is 19.0 Å². The largest absolute Gasteiger partial charge is 0.336 e.